The zero-order valence-electron chi connectivity index (χ0n) is 31.9. The first-order valence-corrected chi connectivity index (χ1v) is 19.0. The zero-order chi connectivity index (χ0) is 39.7. The first-order chi connectivity index (χ1) is 27.4. The van der Waals surface area contributed by atoms with Crippen LogP contribution in [0.2, 0.25) is 0 Å². The number of hydrogen-bond donors (Lipinski definition) is 2. The van der Waals surface area contributed by atoms with Crippen LogP contribution in [0.4, 0.5) is 4.39 Å². The van der Waals surface area contributed by atoms with Crippen LogP contribution in [0.5, 0.6) is 5.75 Å². The maximum atomic E-state index is 15.3. The second-order valence-electron chi connectivity index (χ2n) is 15.7. The minimum absolute atomic E-state index is 0.0552. The number of piperidine rings is 1. The Bertz CT molecular complexity index is 2440. The molecule has 6 aromatic rings. The summed E-state index contributed by atoms with van der Waals surface area (Å²) in [6.45, 7) is 8.43. The Morgan fingerprint density at radius 3 is 2.58 bits per heavy atom. The number of pyridine rings is 1. The van der Waals surface area contributed by atoms with Gasteiger partial charge in [-0.15, -0.1) is 0 Å². The number of ether oxygens (including phenoxy) is 1. The van der Waals surface area contributed by atoms with Gasteiger partial charge in [0.25, 0.3) is 17.6 Å². The van der Waals surface area contributed by atoms with Crippen molar-refractivity contribution in [1.29, 1.82) is 0 Å². The van der Waals surface area contributed by atoms with Gasteiger partial charge in [0.05, 0.1) is 16.9 Å². The van der Waals surface area contributed by atoms with Crippen molar-refractivity contribution in [2.24, 2.45) is 5.92 Å². The maximum Gasteiger partial charge on any atom is 0.292 e. The topological polar surface area (TPSA) is 170 Å². The van der Waals surface area contributed by atoms with Gasteiger partial charge >= 0.3 is 0 Å². The van der Waals surface area contributed by atoms with E-state index in [2.05, 4.69) is 41.8 Å². The summed E-state index contributed by atoms with van der Waals surface area (Å²) in [5.41, 5.74) is 5.70. The van der Waals surface area contributed by atoms with E-state index in [0.29, 0.717) is 46.3 Å². The molecule has 8 rings (SSSR count). The number of benzene rings is 2. The number of hydrogen-bond acceptors (Lipinski definition) is 11. The minimum atomic E-state index is -0.642. The molecule has 2 N–H and O–H groups in total. The molecule has 0 radical (unpaired) electrons. The number of nitrogens with zero attached hydrogens (tertiary/aromatic N) is 7. The van der Waals surface area contributed by atoms with Crippen molar-refractivity contribution in [3.63, 3.8) is 0 Å². The van der Waals surface area contributed by atoms with Crippen molar-refractivity contribution in [3.05, 3.63) is 114 Å². The van der Waals surface area contributed by atoms with Crippen molar-refractivity contribution in [1.82, 2.24) is 45.3 Å². The quantitative estimate of drug-likeness (QED) is 0.161. The van der Waals surface area contributed by atoms with Gasteiger partial charge < -0.3 is 14.6 Å². The highest BCUT2D eigenvalue weighted by atomic mass is 19.1. The number of halogens is 1. The molecule has 2 fully saturated rings. The van der Waals surface area contributed by atoms with Gasteiger partial charge in [-0.25, -0.2) is 13.9 Å². The number of imide groups is 1. The van der Waals surface area contributed by atoms with E-state index < -0.39 is 23.2 Å². The Hall–Kier alpha value is -6.35. The molecule has 2 saturated heterocycles. The highest BCUT2D eigenvalue weighted by molar-refractivity contribution is 6.00. The third-order valence-corrected chi connectivity index (χ3v) is 10.3. The molecule has 4 aromatic heterocycles. The predicted molar refractivity (Wildman–Crippen MR) is 206 cm³/mol. The summed E-state index contributed by atoms with van der Waals surface area (Å²) in [4.78, 5) is 51.9. The summed E-state index contributed by atoms with van der Waals surface area (Å²) in [5, 5.41) is 13.1. The van der Waals surface area contributed by atoms with Crippen molar-refractivity contribution in [3.8, 4) is 28.3 Å². The van der Waals surface area contributed by atoms with Gasteiger partial charge in [0.15, 0.2) is 6.10 Å². The van der Waals surface area contributed by atoms with E-state index in [1.807, 2.05) is 69.6 Å². The maximum absolute atomic E-state index is 15.3. The Morgan fingerprint density at radius 1 is 1.02 bits per heavy atom. The van der Waals surface area contributed by atoms with Crippen LogP contribution >= 0.6 is 0 Å². The smallest absolute Gasteiger partial charge is 0.292 e. The Morgan fingerprint density at radius 2 is 1.84 bits per heavy atom. The lowest BCUT2D eigenvalue weighted by atomic mass is 9.97. The second-order valence-corrected chi connectivity index (χ2v) is 15.7. The van der Waals surface area contributed by atoms with Crippen LogP contribution < -0.4 is 15.4 Å². The molecule has 0 bridgehead atoms. The van der Waals surface area contributed by atoms with Crippen LogP contribution in [0, 0.1) is 11.7 Å². The first kappa shape index (κ1) is 37.6. The number of aromatic nitrogens is 6. The molecule has 14 nitrogen and oxygen atoms in total. The molecule has 2 atom stereocenters. The average Bonchev–Trinajstić information content (AvgIpc) is 3.97. The molecular weight excluding hydrogens is 730 g/mol. The van der Waals surface area contributed by atoms with E-state index in [1.165, 1.54) is 18.0 Å². The fraction of sp³-hybridized carbons (Fsp3) is 0.333. The molecule has 6 heterocycles. The van der Waals surface area contributed by atoms with E-state index in [-0.39, 0.29) is 30.6 Å². The number of fused-ring (bicyclic) bond motifs is 1. The highest BCUT2D eigenvalue weighted by Gasteiger charge is 2.29. The predicted octanol–water partition coefficient (Wildman–Crippen LogP) is 5.46. The summed E-state index contributed by atoms with van der Waals surface area (Å²) in [6.07, 6.45) is 7.31. The van der Waals surface area contributed by atoms with Crippen molar-refractivity contribution >= 4 is 23.2 Å². The molecule has 15 heteroatoms. The van der Waals surface area contributed by atoms with Crippen LogP contribution in [-0.4, -0.2) is 71.5 Å². The number of carbonyl (C=O) groups is 3. The Kier molecular flexibility index (Phi) is 10.3. The fourth-order valence-corrected chi connectivity index (χ4v) is 7.16. The van der Waals surface area contributed by atoms with Gasteiger partial charge in [-0.1, -0.05) is 56.3 Å². The molecule has 2 aliphatic heterocycles. The van der Waals surface area contributed by atoms with Crippen LogP contribution in [0.15, 0.2) is 83.9 Å². The summed E-state index contributed by atoms with van der Waals surface area (Å²) in [5.74, 6) is -0.301. The summed E-state index contributed by atoms with van der Waals surface area (Å²) >= 11 is 0. The summed E-state index contributed by atoms with van der Waals surface area (Å²) in [7, 11) is 0. The number of likely N-dealkylation sites (tertiary alicyclic amines) is 1. The van der Waals surface area contributed by atoms with Gasteiger partial charge in [-0.05, 0) is 66.8 Å². The van der Waals surface area contributed by atoms with Gasteiger partial charge in [0.2, 0.25) is 11.8 Å². The second kappa shape index (κ2) is 15.7. The van der Waals surface area contributed by atoms with Gasteiger partial charge in [-0.2, -0.15) is 10.1 Å². The van der Waals surface area contributed by atoms with E-state index in [4.69, 9.17) is 14.2 Å². The average molecular weight is 772 g/mol. The Balaban J connectivity index is 0.857. The SMILES string of the molecule is CC(C)(C)c1nc(C(=O)NCc2ccc(-c3ncnn4cc(-c5ccc(CN6CCC(Cc7ccc(OC8CCC(=O)NC8=O)cc7)C6)cn5)cc34)cc2F)no1. The van der Waals surface area contributed by atoms with Gasteiger partial charge in [0.1, 0.15) is 17.9 Å². The van der Waals surface area contributed by atoms with Crippen molar-refractivity contribution in [2.45, 2.75) is 71.1 Å². The molecule has 0 saturated carbocycles. The molecule has 292 valence electrons. The standard InChI is InChI=1S/C42H42FN9O5/c1-42(2,3)41-49-38(50-57-41)40(55)45-20-29-8-7-28(17-32(29)43)37-34-18-30(23-52(34)47-24-46-37)33-11-6-27(19-44-33)22-51-15-14-26(21-51)16-25-4-9-31(10-5-25)56-35-12-13-36(53)48-39(35)54/h4-11,17-19,23-24,26,35H,12-16,20-22H2,1-3H3,(H,45,55)(H,48,53,54). The molecule has 0 aliphatic carbocycles. The van der Waals surface area contributed by atoms with E-state index in [9.17, 15) is 14.4 Å². The lowest BCUT2D eigenvalue weighted by Crippen LogP contribution is -2.46. The third-order valence-electron chi connectivity index (χ3n) is 10.3. The van der Waals surface area contributed by atoms with Crippen LogP contribution in [0.1, 0.15) is 73.2 Å². The van der Waals surface area contributed by atoms with Crippen LogP contribution in [0.3, 0.4) is 0 Å². The monoisotopic (exact) mass is 771 g/mol. The van der Waals surface area contributed by atoms with Crippen LogP contribution in [0.25, 0.3) is 28.0 Å². The molecule has 2 aromatic carbocycles. The largest absolute Gasteiger partial charge is 0.481 e. The third kappa shape index (κ3) is 8.58. The van der Waals surface area contributed by atoms with Crippen molar-refractivity contribution in [2.75, 3.05) is 13.1 Å². The summed E-state index contributed by atoms with van der Waals surface area (Å²) < 4.78 is 28.1. The lowest BCUT2D eigenvalue weighted by Gasteiger charge is -2.22. The van der Waals surface area contributed by atoms with Gasteiger partial charge in [0, 0.05) is 67.0 Å². The van der Waals surface area contributed by atoms with Gasteiger partial charge in [-0.3, -0.25) is 29.6 Å². The van der Waals surface area contributed by atoms with E-state index in [0.717, 1.165) is 49.3 Å². The zero-order valence-corrected chi connectivity index (χ0v) is 31.9. The van der Waals surface area contributed by atoms with Crippen molar-refractivity contribution < 1.29 is 28.0 Å². The van der Waals surface area contributed by atoms with E-state index in [1.54, 1.807) is 16.6 Å². The Labute approximate surface area is 327 Å². The molecule has 2 unspecified atom stereocenters. The number of amides is 3. The molecular formula is C42H42FN9O5. The molecule has 3 amide bonds. The highest BCUT2D eigenvalue weighted by Crippen LogP contribution is 2.30. The number of nitrogens with one attached hydrogen (secondary N) is 2. The minimum Gasteiger partial charge on any atom is -0.481 e. The van der Waals surface area contributed by atoms with Crippen LogP contribution in [-0.2, 0) is 34.5 Å². The molecule has 0 spiro atoms. The number of rotatable bonds is 11. The van der Waals surface area contributed by atoms with E-state index >= 15 is 4.39 Å². The number of carbonyl (C=O) groups excluding carboxylic acids is 3. The normalized spacial score (nSPS) is 17.5. The summed E-state index contributed by atoms with van der Waals surface area (Å²) in [6, 6.07) is 18.7. The lowest BCUT2D eigenvalue weighted by molar-refractivity contribution is -0.138. The molecule has 2 aliphatic rings. The fourth-order valence-electron chi connectivity index (χ4n) is 7.16. The molecule has 57 heavy (non-hydrogen) atoms. The first-order valence-electron chi connectivity index (χ1n) is 19.0.